The van der Waals surface area contributed by atoms with E-state index in [1.807, 2.05) is 11.9 Å². The average molecular weight is 505 g/mol. The number of aromatic nitrogens is 1. The quantitative estimate of drug-likeness (QED) is 0.427. The van der Waals surface area contributed by atoms with Crippen molar-refractivity contribution in [1.82, 2.24) is 15.0 Å². The van der Waals surface area contributed by atoms with Gasteiger partial charge in [0.1, 0.15) is 11.5 Å². The molecule has 1 aliphatic heterocycles. The fourth-order valence-corrected chi connectivity index (χ4v) is 4.19. The van der Waals surface area contributed by atoms with Gasteiger partial charge < -0.3 is 19.2 Å². The minimum atomic E-state index is -4.56. The minimum absolute atomic E-state index is 0.0561. The number of carbonyl (C=O) groups is 1. The largest absolute Gasteiger partial charge is 0.416 e. The summed E-state index contributed by atoms with van der Waals surface area (Å²) in [5.74, 6) is -0.428. The number of nitrogens with zero attached hydrogens (tertiary/aromatic N) is 4. The number of hydrogen-bond donors (Lipinski definition) is 0. The fraction of sp³-hybridized carbons (Fsp3) is 0.385. The Bertz CT molecular complexity index is 1200. The fourth-order valence-electron chi connectivity index (χ4n) is 4.19. The van der Waals surface area contributed by atoms with Gasteiger partial charge in [0.05, 0.1) is 17.7 Å². The van der Waals surface area contributed by atoms with Gasteiger partial charge >= 0.3 is 6.18 Å². The van der Waals surface area contributed by atoms with Gasteiger partial charge in [-0.15, -0.1) is 0 Å². The molecular weight excluding hydrogens is 476 g/mol. The van der Waals surface area contributed by atoms with Crippen LogP contribution in [-0.4, -0.2) is 60.1 Å². The van der Waals surface area contributed by atoms with Gasteiger partial charge in [0.25, 0.3) is 5.91 Å². The van der Waals surface area contributed by atoms with Crippen LogP contribution in [0.2, 0.25) is 0 Å². The first-order chi connectivity index (χ1) is 17.0. The first-order valence-electron chi connectivity index (χ1n) is 11.7. The Balaban J connectivity index is 1.73. The third-order valence-electron chi connectivity index (χ3n) is 6.33. The molecule has 1 amide bonds. The standard InChI is InChI=1S/C26H28F4N4O2/c1-17(2)34(24(35)19-5-4-6-20(15-19)26(28,29)30)16-22-23(18-7-9-21(27)10-8-18)31-36-25(22)33-13-11-32(3)12-14-33/h4-10,15,17H,11-14,16H2,1-3H3. The lowest BCUT2D eigenvalue weighted by molar-refractivity contribution is -0.137. The van der Waals surface area contributed by atoms with Crippen molar-refractivity contribution in [2.75, 3.05) is 38.1 Å². The van der Waals surface area contributed by atoms with E-state index in [1.165, 1.54) is 29.2 Å². The van der Waals surface area contributed by atoms with Crippen molar-refractivity contribution in [2.24, 2.45) is 0 Å². The van der Waals surface area contributed by atoms with Crippen LogP contribution in [0.5, 0.6) is 0 Å². The number of benzene rings is 2. The van der Waals surface area contributed by atoms with Gasteiger partial charge in [-0.05, 0) is 63.4 Å². The summed E-state index contributed by atoms with van der Waals surface area (Å²) >= 11 is 0. The molecule has 1 saturated heterocycles. The maximum absolute atomic E-state index is 13.6. The van der Waals surface area contributed by atoms with Gasteiger partial charge in [-0.25, -0.2) is 4.39 Å². The van der Waals surface area contributed by atoms with E-state index in [4.69, 9.17) is 4.52 Å². The van der Waals surface area contributed by atoms with Crippen molar-refractivity contribution in [3.63, 3.8) is 0 Å². The molecule has 1 fully saturated rings. The number of amides is 1. The van der Waals surface area contributed by atoms with Crippen LogP contribution in [0.3, 0.4) is 0 Å². The maximum Gasteiger partial charge on any atom is 0.416 e. The molecule has 2 heterocycles. The number of alkyl halides is 3. The van der Waals surface area contributed by atoms with Crippen molar-refractivity contribution in [3.05, 3.63) is 71.0 Å². The molecule has 0 aliphatic carbocycles. The van der Waals surface area contributed by atoms with E-state index in [2.05, 4.69) is 10.1 Å². The molecule has 0 N–H and O–H groups in total. The average Bonchev–Trinajstić information content (AvgIpc) is 3.26. The number of likely N-dealkylation sites (N-methyl/N-ethyl adjacent to an activating group) is 1. The van der Waals surface area contributed by atoms with Crippen LogP contribution in [0.15, 0.2) is 53.1 Å². The summed E-state index contributed by atoms with van der Waals surface area (Å²) in [6.45, 7) is 6.64. The van der Waals surface area contributed by atoms with Crippen molar-refractivity contribution in [1.29, 1.82) is 0 Å². The highest BCUT2D eigenvalue weighted by Crippen LogP contribution is 2.34. The van der Waals surface area contributed by atoms with E-state index in [0.717, 1.165) is 25.2 Å². The lowest BCUT2D eigenvalue weighted by atomic mass is 10.0. The number of carbonyl (C=O) groups excluding carboxylic acids is 1. The molecule has 0 unspecified atom stereocenters. The summed E-state index contributed by atoms with van der Waals surface area (Å²) in [6, 6.07) is 9.88. The maximum atomic E-state index is 13.6. The Morgan fingerprint density at radius 1 is 1.08 bits per heavy atom. The highest BCUT2D eigenvalue weighted by molar-refractivity contribution is 5.94. The molecule has 0 bridgehead atoms. The number of halogens is 4. The minimum Gasteiger partial charge on any atom is -0.338 e. The SMILES string of the molecule is CC(C)N(Cc1c(-c2ccc(F)cc2)noc1N1CCN(C)CC1)C(=O)c1cccc(C(F)(F)F)c1. The molecule has 0 atom stereocenters. The van der Waals surface area contributed by atoms with Crippen LogP contribution in [0.1, 0.15) is 35.3 Å². The van der Waals surface area contributed by atoms with Gasteiger partial charge in [0, 0.05) is 43.3 Å². The van der Waals surface area contributed by atoms with Gasteiger partial charge in [-0.1, -0.05) is 11.2 Å². The van der Waals surface area contributed by atoms with E-state index < -0.39 is 23.5 Å². The lowest BCUT2D eigenvalue weighted by Gasteiger charge is -2.33. The van der Waals surface area contributed by atoms with Gasteiger partial charge in [-0.3, -0.25) is 4.79 Å². The van der Waals surface area contributed by atoms with Gasteiger partial charge in [0.15, 0.2) is 0 Å². The molecule has 1 aromatic heterocycles. The first kappa shape index (κ1) is 25.7. The molecule has 6 nitrogen and oxygen atoms in total. The Morgan fingerprint density at radius 3 is 2.36 bits per heavy atom. The summed E-state index contributed by atoms with van der Waals surface area (Å²) in [7, 11) is 2.02. The van der Waals surface area contributed by atoms with E-state index in [0.29, 0.717) is 35.8 Å². The summed E-state index contributed by atoms with van der Waals surface area (Å²) in [5, 5.41) is 4.26. The molecule has 1 aliphatic rings. The molecule has 4 rings (SSSR count). The number of rotatable bonds is 6. The molecule has 0 radical (unpaired) electrons. The molecule has 0 saturated carbocycles. The van der Waals surface area contributed by atoms with E-state index in [9.17, 15) is 22.4 Å². The predicted molar refractivity (Wildman–Crippen MR) is 128 cm³/mol. The molecule has 2 aromatic carbocycles. The zero-order valence-electron chi connectivity index (χ0n) is 20.3. The topological polar surface area (TPSA) is 52.8 Å². The van der Waals surface area contributed by atoms with Crippen molar-refractivity contribution >= 4 is 11.8 Å². The van der Waals surface area contributed by atoms with E-state index in [1.54, 1.807) is 26.0 Å². The predicted octanol–water partition coefficient (Wildman–Crippen LogP) is 5.30. The number of anilines is 1. The molecule has 192 valence electrons. The van der Waals surface area contributed by atoms with Crippen LogP contribution in [-0.2, 0) is 12.7 Å². The summed E-state index contributed by atoms with van der Waals surface area (Å²) in [5.41, 5.74) is 0.768. The molecule has 0 spiro atoms. The lowest BCUT2D eigenvalue weighted by Crippen LogP contribution is -2.45. The van der Waals surface area contributed by atoms with Crippen LogP contribution in [0.4, 0.5) is 23.4 Å². The smallest absolute Gasteiger partial charge is 0.338 e. The molecule has 10 heteroatoms. The first-order valence-corrected chi connectivity index (χ1v) is 11.7. The monoisotopic (exact) mass is 504 g/mol. The number of piperazine rings is 1. The second-order valence-electron chi connectivity index (χ2n) is 9.22. The van der Waals surface area contributed by atoms with Crippen LogP contribution >= 0.6 is 0 Å². The van der Waals surface area contributed by atoms with Crippen LogP contribution < -0.4 is 4.90 Å². The van der Waals surface area contributed by atoms with Crippen molar-refractivity contribution < 1.29 is 26.9 Å². The van der Waals surface area contributed by atoms with E-state index >= 15 is 0 Å². The second kappa shape index (κ2) is 10.3. The van der Waals surface area contributed by atoms with Gasteiger partial charge in [0.2, 0.25) is 5.88 Å². The summed E-state index contributed by atoms with van der Waals surface area (Å²) in [6.07, 6.45) is -4.56. The second-order valence-corrected chi connectivity index (χ2v) is 9.22. The van der Waals surface area contributed by atoms with Crippen LogP contribution in [0, 0.1) is 5.82 Å². The van der Waals surface area contributed by atoms with E-state index in [-0.39, 0.29) is 18.2 Å². The highest BCUT2D eigenvalue weighted by atomic mass is 19.4. The van der Waals surface area contributed by atoms with Gasteiger partial charge in [-0.2, -0.15) is 13.2 Å². The Labute approximate surface area is 207 Å². The Morgan fingerprint density at radius 2 is 1.75 bits per heavy atom. The Kier molecular flexibility index (Phi) is 7.35. The van der Waals surface area contributed by atoms with Crippen molar-refractivity contribution in [2.45, 2.75) is 32.6 Å². The van der Waals surface area contributed by atoms with Crippen molar-refractivity contribution in [3.8, 4) is 11.3 Å². The molecule has 36 heavy (non-hydrogen) atoms. The molecular formula is C26H28F4N4O2. The zero-order chi connectivity index (χ0) is 26.0. The highest BCUT2D eigenvalue weighted by Gasteiger charge is 2.33. The normalized spacial score (nSPS) is 14.9. The summed E-state index contributed by atoms with van der Waals surface area (Å²) in [4.78, 5) is 19.2. The van der Waals surface area contributed by atoms with Crippen LogP contribution in [0.25, 0.3) is 11.3 Å². The Hall–Kier alpha value is -3.40. The zero-order valence-corrected chi connectivity index (χ0v) is 20.3. The molecule has 3 aromatic rings. The number of hydrogen-bond acceptors (Lipinski definition) is 5. The third-order valence-corrected chi connectivity index (χ3v) is 6.33. The summed E-state index contributed by atoms with van der Waals surface area (Å²) < 4.78 is 59.1. The third kappa shape index (κ3) is 5.53.